The summed E-state index contributed by atoms with van der Waals surface area (Å²) < 4.78 is 0. The van der Waals surface area contributed by atoms with E-state index in [1.54, 1.807) is 0 Å². The second-order valence-electron chi connectivity index (χ2n) is 3.51. The molecule has 0 radical (unpaired) electrons. The minimum Gasteiger partial charge on any atom is -0.339 e. The molecule has 0 amide bonds. The molecule has 1 saturated heterocycles. The van der Waals surface area contributed by atoms with Crippen molar-refractivity contribution >= 4 is 29.3 Å². The number of nitrogens with zero attached hydrogens (tertiary/aromatic N) is 3. The Morgan fingerprint density at radius 2 is 2.20 bits per heavy atom. The minimum absolute atomic E-state index is 0.488. The highest BCUT2D eigenvalue weighted by molar-refractivity contribution is 7.99. The van der Waals surface area contributed by atoms with Crippen LogP contribution in [0, 0.1) is 6.92 Å². The highest BCUT2D eigenvalue weighted by Gasteiger charge is 2.14. The van der Waals surface area contributed by atoms with E-state index in [1.807, 2.05) is 24.9 Å². The number of aryl methyl sites for hydroxylation is 1. The molecule has 2 heterocycles. The lowest BCUT2D eigenvalue weighted by atomic mass is 10.3. The zero-order chi connectivity index (χ0) is 10.7. The second-order valence-corrected chi connectivity index (χ2v) is 5.01. The first kappa shape index (κ1) is 11.0. The number of thioether (sulfide) groups is 1. The van der Waals surface area contributed by atoms with Crippen molar-refractivity contribution in [2.24, 2.45) is 0 Å². The maximum Gasteiger partial charge on any atom is 0.225 e. The van der Waals surface area contributed by atoms with Gasteiger partial charge in [0.05, 0.1) is 5.88 Å². The Bertz CT molecular complexity index is 339. The molecule has 0 aliphatic carbocycles. The van der Waals surface area contributed by atoms with E-state index in [0.29, 0.717) is 5.88 Å². The predicted octanol–water partition coefficient (Wildman–Crippen LogP) is 2.08. The van der Waals surface area contributed by atoms with E-state index in [1.165, 1.54) is 11.5 Å². The first-order valence-corrected chi connectivity index (χ1v) is 6.71. The number of aromatic nitrogens is 2. The van der Waals surface area contributed by atoms with E-state index in [2.05, 4.69) is 14.9 Å². The molecule has 0 bridgehead atoms. The molecule has 0 atom stereocenters. The average Bonchev–Trinajstić information content (AvgIpc) is 2.30. The van der Waals surface area contributed by atoms with Crippen LogP contribution in [0.4, 0.5) is 5.95 Å². The Kier molecular flexibility index (Phi) is 3.70. The van der Waals surface area contributed by atoms with Gasteiger partial charge in [-0.3, -0.25) is 0 Å². The van der Waals surface area contributed by atoms with Crippen molar-refractivity contribution in [2.45, 2.75) is 12.8 Å². The molecule has 0 N–H and O–H groups in total. The van der Waals surface area contributed by atoms with E-state index in [9.17, 15) is 0 Å². The monoisotopic (exact) mass is 243 g/mol. The number of anilines is 1. The molecule has 1 aromatic heterocycles. The smallest absolute Gasteiger partial charge is 0.225 e. The number of rotatable bonds is 2. The molecule has 1 aliphatic rings. The third-order valence-electron chi connectivity index (χ3n) is 2.51. The standard InChI is InChI=1S/C10H14ClN3S/c1-8-9(6-11)7-12-10(13-8)14-2-4-15-5-3-14/h7H,2-6H2,1H3. The van der Waals surface area contributed by atoms with Crippen LogP contribution in [-0.2, 0) is 5.88 Å². The van der Waals surface area contributed by atoms with Gasteiger partial charge in [0, 0.05) is 42.0 Å². The molecule has 0 saturated carbocycles. The lowest BCUT2D eigenvalue weighted by Gasteiger charge is -2.26. The van der Waals surface area contributed by atoms with Gasteiger partial charge in [-0.1, -0.05) is 0 Å². The van der Waals surface area contributed by atoms with E-state index in [-0.39, 0.29) is 0 Å². The number of halogens is 1. The van der Waals surface area contributed by atoms with E-state index in [4.69, 9.17) is 11.6 Å². The van der Waals surface area contributed by atoms with Crippen LogP contribution in [-0.4, -0.2) is 34.6 Å². The normalized spacial score (nSPS) is 16.8. The predicted molar refractivity (Wildman–Crippen MR) is 65.9 cm³/mol. The zero-order valence-corrected chi connectivity index (χ0v) is 10.3. The second kappa shape index (κ2) is 5.03. The highest BCUT2D eigenvalue weighted by Crippen LogP contribution is 2.17. The first-order chi connectivity index (χ1) is 7.31. The van der Waals surface area contributed by atoms with Crippen LogP contribution in [0.2, 0.25) is 0 Å². The lowest BCUT2D eigenvalue weighted by molar-refractivity contribution is 0.807. The largest absolute Gasteiger partial charge is 0.339 e. The Morgan fingerprint density at radius 1 is 1.47 bits per heavy atom. The van der Waals surface area contributed by atoms with Crippen LogP contribution < -0.4 is 4.90 Å². The van der Waals surface area contributed by atoms with E-state index < -0.39 is 0 Å². The van der Waals surface area contributed by atoms with Crippen LogP contribution >= 0.6 is 23.4 Å². The van der Waals surface area contributed by atoms with Crippen LogP contribution in [0.5, 0.6) is 0 Å². The molecule has 3 nitrogen and oxygen atoms in total. The van der Waals surface area contributed by atoms with E-state index >= 15 is 0 Å². The molecule has 1 aliphatic heterocycles. The zero-order valence-electron chi connectivity index (χ0n) is 8.74. The topological polar surface area (TPSA) is 29.0 Å². The summed E-state index contributed by atoms with van der Waals surface area (Å²) in [5.41, 5.74) is 2.01. The van der Waals surface area contributed by atoms with Crippen molar-refractivity contribution in [3.63, 3.8) is 0 Å². The van der Waals surface area contributed by atoms with Gasteiger partial charge in [-0.15, -0.1) is 11.6 Å². The minimum atomic E-state index is 0.488. The summed E-state index contributed by atoms with van der Waals surface area (Å²) in [4.78, 5) is 11.1. The van der Waals surface area contributed by atoms with Crippen molar-refractivity contribution < 1.29 is 0 Å². The van der Waals surface area contributed by atoms with Crippen LogP contribution in [0.25, 0.3) is 0 Å². The maximum absolute atomic E-state index is 5.77. The Hall–Kier alpha value is -0.480. The van der Waals surface area contributed by atoms with Crippen molar-refractivity contribution in [1.82, 2.24) is 9.97 Å². The van der Waals surface area contributed by atoms with Gasteiger partial charge in [0.2, 0.25) is 5.95 Å². The molecule has 1 fully saturated rings. The van der Waals surface area contributed by atoms with Gasteiger partial charge in [-0.05, 0) is 6.92 Å². The van der Waals surface area contributed by atoms with Gasteiger partial charge in [-0.25, -0.2) is 9.97 Å². The molecule has 0 aromatic carbocycles. The molecule has 0 spiro atoms. The maximum atomic E-state index is 5.77. The van der Waals surface area contributed by atoms with Gasteiger partial charge in [0.1, 0.15) is 0 Å². The van der Waals surface area contributed by atoms with Crippen molar-refractivity contribution in [2.75, 3.05) is 29.5 Å². The summed E-state index contributed by atoms with van der Waals surface area (Å²) in [5.74, 6) is 3.67. The Morgan fingerprint density at radius 3 is 2.80 bits per heavy atom. The quantitative estimate of drug-likeness (QED) is 0.744. The van der Waals surface area contributed by atoms with Crippen molar-refractivity contribution in [1.29, 1.82) is 0 Å². The SMILES string of the molecule is Cc1nc(N2CCSCC2)ncc1CCl. The van der Waals surface area contributed by atoms with Gasteiger partial charge in [0.25, 0.3) is 0 Å². The fraction of sp³-hybridized carbons (Fsp3) is 0.600. The van der Waals surface area contributed by atoms with Crippen molar-refractivity contribution in [3.8, 4) is 0 Å². The number of hydrogen-bond donors (Lipinski definition) is 0. The third kappa shape index (κ3) is 2.55. The van der Waals surface area contributed by atoms with Crippen LogP contribution in [0.1, 0.15) is 11.3 Å². The van der Waals surface area contributed by atoms with Gasteiger partial charge in [0.15, 0.2) is 0 Å². The molecule has 2 rings (SSSR count). The summed E-state index contributed by atoms with van der Waals surface area (Å²) in [7, 11) is 0. The molecular formula is C10H14ClN3S. The fourth-order valence-corrected chi connectivity index (χ4v) is 2.69. The summed E-state index contributed by atoms with van der Waals surface area (Å²) in [6, 6.07) is 0. The summed E-state index contributed by atoms with van der Waals surface area (Å²) in [6.45, 7) is 4.08. The molecule has 5 heteroatoms. The number of alkyl halides is 1. The van der Waals surface area contributed by atoms with Crippen LogP contribution in [0.3, 0.4) is 0 Å². The lowest BCUT2D eigenvalue weighted by Crippen LogP contribution is -2.34. The van der Waals surface area contributed by atoms with Gasteiger partial charge < -0.3 is 4.90 Å². The molecule has 82 valence electrons. The highest BCUT2D eigenvalue weighted by atomic mass is 35.5. The number of hydrogen-bond acceptors (Lipinski definition) is 4. The fourth-order valence-electron chi connectivity index (χ4n) is 1.53. The van der Waals surface area contributed by atoms with Crippen molar-refractivity contribution in [3.05, 3.63) is 17.5 Å². The Labute approximate surface area is 99.2 Å². The van der Waals surface area contributed by atoms with Gasteiger partial charge >= 0.3 is 0 Å². The summed E-state index contributed by atoms with van der Waals surface area (Å²) >= 11 is 7.76. The van der Waals surface area contributed by atoms with E-state index in [0.717, 1.165) is 30.3 Å². The van der Waals surface area contributed by atoms with Gasteiger partial charge in [-0.2, -0.15) is 11.8 Å². The Balaban J connectivity index is 2.17. The summed E-state index contributed by atoms with van der Waals surface area (Å²) in [5, 5.41) is 0. The summed E-state index contributed by atoms with van der Waals surface area (Å²) in [6.07, 6.45) is 1.84. The molecular weight excluding hydrogens is 230 g/mol. The molecule has 0 unspecified atom stereocenters. The average molecular weight is 244 g/mol. The third-order valence-corrected chi connectivity index (χ3v) is 3.74. The molecule has 15 heavy (non-hydrogen) atoms. The first-order valence-electron chi connectivity index (χ1n) is 5.02. The molecule has 1 aromatic rings. The van der Waals surface area contributed by atoms with Crippen LogP contribution in [0.15, 0.2) is 6.20 Å².